The highest BCUT2D eigenvalue weighted by atomic mass is 16.7. The Kier molecular flexibility index (Phi) is 4.65. The number of guanidine groups is 1. The van der Waals surface area contributed by atoms with E-state index in [2.05, 4.69) is 25.2 Å². The largest absolute Gasteiger partial charge is 0.454 e. The maximum absolute atomic E-state index is 5.39. The van der Waals surface area contributed by atoms with E-state index >= 15 is 0 Å². The third-order valence-electron chi connectivity index (χ3n) is 3.69. The minimum Gasteiger partial charge on any atom is -0.454 e. The fourth-order valence-electron chi connectivity index (χ4n) is 2.39. The molecule has 122 valence electrons. The first-order chi connectivity index (χ1) is 11.3. The lowest BCUT2D eigenvalue weighted by Gasteiger charge is -2.13. The van der Waals surface area contributed by atoms with Gasteiger partial charge in [0.25, 0.3) is 0 Å². The average Bonchev–Trinajstić information content (AvgIpc) is 3.19. The summed E-state index contributed by atoms with van der Waals surface area (Å²) in [5.41, 5.74) is 1.11. The van der Waals surface area contributed by atoms with Crippen LogP contribution in [0.25, 0.3) is 0 Å². The van der Waals surface area contributed by atoms with Gasteiger partial charge < -0.3 is 24.7 Å². The molecule has 7 nitrogen and oxygen atoms in total. The molecular formula is C16H21N5O2. The number of rotatable bonds is 5. The molecule has 7 heteroatoms. The average molecular weight is 315 g/mol. The van der Waals surface area contributed by atoms with Crippen LogP contribution < -0.4 is 20.1 Å². The molecule has 0 spiro atoms. The predicted octanol–water partition coefficient (Wildman–Crippen LogP) is 1.29. The monoisotopic (exact) mass is 315 g/mol. The topological polar surface area (TPSA) is 72.7 Å². The van der Waals surface area contributed by atoms with Gasteiger partial charge in [-0.3, -0.25) is 4.99 Å². The number of aliphatic imine (C=N–C) groups is 1. The summed E-state index contributed by atoms with van der Waals surface area (Å²) in [5.74, 6) is 3.37. The number of hydrogen-bond donors (Lipinski definition) is 2. The summed E-state index contributed by atoms with van der Waals surface area (Å²) in [6.07, 6.45) is 3.78. The van der Waals surface area contributed by atoms with Gasteiger partial charge >= 0.3 is 0 Å². The Morgan fingerprint density at radius 1 is 1.30 bits per heavy atom. The Balaban J connectivity index is 1.47. The summed E-state index contributed by atoms with van der Waals surface area (Å²) < 4.78 is 12.8. The van der Waals surface area contributed by atoms with Gasteiger partial charge in [-0.25, -0.2) is 4.98 Å². The molecular weight excluding hydrogens is 294 g/mol. The second-order valence-electron chi connectivity index (χ2n) is 5.21. The highest BCUT2D eigenvalue weighted by molar-refractivity contribution is 5.79. The Hall–Kier alpha value is -2.70. The van der Waals surface area contributed by atoms with Crippen LogP contribution in [0, 0.1) is 6.92 Å². The van der Waals surface area contributed by atoms with Gasteiger partial charge in [0, 0.05) is 39.1 Å². The van der Waals surface area contributed by atoms with E-state index in [1.807, 2.05) is 37.5 Å². The van der Waals surface area contributed by atoms with Crippen LogP contribution >= 0.6 is 0 Å². The maximum Gasteiger partial charge on any atom is 0.231 e. The Labute approximate surface area is 135 Å². The molecule has 2 aromatic rings. The van der Waals surface area contributed by atoms with E-state index in [-0.39, 0.29) is 0 Å². The van der Waals surface area contributed by atoms with Crippen molar-refractivity contribution >= 4 is 5.96 Å². The first-order valence-electron chi connectivity index (χ1n) is 7.57. The van der Waals surface area contributed by atoms with Crippen LogP contribution in [0.1, 0.15) is 11.4 Å². The standard InChI is InChI=1S/C16H21N5O2/c1-12-18-5-7-21(12)8-6-19-16(17-2)20-10-13-3-4-14-15(9-13)23-11-22-14/h3-5,7,9H,6,8,10-11H2,1-2H3,(H2,17,19,20). The minimum absolute atomic E-state index is 0.295. The third-order valence-corrected chi connectivity index (χ3v) is 3.69. The number of aryl methyl sites for hydroxylation is 1. The zero-order valence-corrected chi connectivity index (χ0v) is 13.4. The van der Waals surface area contributed by atoms with E-state index < -0.39 is 0 Å². The van der Waals surface area contributed by atoms with Crippen molar-refractivity contribution < 1.29 is 9.47 Å². The number of nitrogens with zero attached hydrogens (tertiary/aromatic N) is 3. The van der Waals surface area contributed by atoms with Gasteiger partial charge in [0.15, 0.2) is 17.5 Å². The van der Waals surface area contributed by atoms with Gasteiger partial charge in [0.2, 0.25) is 6.79 Å². The minimum atomic E-state index is 0.295. The van der Waals surface area contributed by atoms with Crippen LogP contribution in [0.15, 0.2) is 35.6 Å². The molecule has 0 atom stereocenters. The Morgan fingerprint density at radius 3 is 2.96 bits per heavy atom. The SMILES string of the molecule is CN=C(NCCn1ccnc1C)NCc1ccc2c(c1)OCO2. The van der Waals surface area contributed by atoms with Crippen molar-refractivity contribution in [3.8, 4) is 11.5 Å². The first-order valence-corrected chi connectivity index (χ1v) is 7.57. The number of ether oxygens (including phenoxy) is 2. The summed E-state index contributed by atoms with van der Waals surface area (Å²) in [6, 6.07) is 5.93. The molecule has 0 saturated carbocycles. The van der Waals surface area contributed by atoms with Crippen LogP contribution in [0.3, 0.4) is 0 Å². The van der Waals surface area contributed by atoms with E-state index in [1.54, 1.807) is 7.05 Å². The van der Waals surface area contributed by atoms with E-state index in [0.29, 0.717) is 13.3 Å². The summed E-state index contributed by atoms with van der Waals surface area (Å²) in [6.45, 7) is 4.57. The van der Waals surface area contributed by atoms with Crippen molar-refractivity contribution in [2.24, 2.45) is 4.99 Å². The number of benzene rings is 1. The van der Waals surface area contributed by atoms with Crippen molar-refractivity contribution in [1.29, 1.82) is 0 Å². The van der Waals surface area contributed by atoms with E-state index in [9.17, 15) is 0 Å². The normalized spacial score (nSPS) is 13.2. The molecule has 1 aliphatic heterocycles. The van der Waals surface area contributed by atoms with Gasteiger partial charge in [-0.1, -0.05) is 6.07 Å². The van der Waals surface area contributed by atoms with Crippen molar-refractivity contribution in [3.63, 3.8) is 0 Å². The molecule has 1 aromatic carbocycles. The molecule has 0 amide bonds. The highest BCUT2D eigenvalue weighted by Crippen LogP contribution is 2.32. The Morgan fingerprint density at radius 2 is 2.17 bits per heavy atom. The number of fused-ring (bicyclic) bond motifs is 1. The molecule has 0 bridgehead atoms. The van der Waals surface area contributed by atoms with Crippen LogP contribution in [0.5, 0.6) is 11.5 Å². The molecule has 0 fully saturated rings. The maximum atomic E-state index is 5.39. The Bertz CT molecular complexity index is 696. The second kappa shape index (κ2) is 7.04. The van der Waals surface area contributed by atoms with Crippen molar-refractivity contribution in [2.45, 2.75) is 20.0 Å². The molecule has 1 aromatic heterocycles. The summed E-state index contributed by atoms with van der Waals surface area (Å²) >= 11 is 0. The van der Waals surface area contributed by atoms with Gasteiger partial charge in [-0.05, 0) is 24.6 Å². The number of nitrogens with one attached hydrogen (secondary N) is 2. The summed E-state index contributed by atoms with van der Waals surface area (Å²) in [7, 11) is 1.76. The van der Waals surface area contributed by atoms with Crippen molar-refractivity contribution in [3.05, 3.63) is 42.0 Å². The third kappa shape index (κ3) is 3.74. The lowest BCUT2D eigenvalue weighted by Crippen LogP contribution is -2.38. The second-order valence-corrected chi connectivity index (χ2v) is 5.21. The van der Waals surface area contributed by atoms with E-state index in [0.717, 1.165) is 41.9 Å². The van der Waals surface area contributed by atoms with Crippen LogP contribution in [-0.2, 0) is 13.1 Å². The lowest BCUT2D eigenvalue weighted by molar-refractivity contribution is 0.174. The van der Waals surface area contributed by atoms with Gasteiger partial charge in [-0.15, -0.1) is 0 Å². The number of aromatic nitrogens is 2. The van der Waals surface area contributed by atoms with Crippen molar-refractivity contribution in [1.82, 2.24) is 20.2 Å². The highest BCUT2D eigenvalue weighted by Gasteiger charge is 2.13. The van der Waals surface area contributed by atoms with E-state index in [1.165, 1.54) is 0 Å². The predicted molar refractivity (Wildman–Crippen MR) is 87.7 cm³/mol. The molecule has 2 heterocycles. The molecule has 1 aliphatic rings. The first kappa shape index (κ1) is 15.2. The number of imidazole rings is 1. The van der Waals surface area contributed by atoms with Gasteiger partial charge in [-0.2, -0.15) is 0 Å². The molecule has 0 aliphatic carbocycles. The van der Waals surface area contributed by atoms with E-state index in [4.69, 9.17) is 9.47 Å². The van der Waals surface area contributed by atoms with Gasteiger partial charge in [0.1, 0.15) is 5.82 Å². The zero-order chi connectivity index (χ0) is 16.1. The zero-order valence-electron chi connectivity index (χ0n) is 13.4. The van der Waals surface area contributed by atoms with Crippen LogP contribution in [0.2, 0.25) is 0 Å². The lowest BCUT2D eigenvalue weighted by atomic mass is 10.2. The molecule has 3 rings (SSSR count). The molecule has 23 heavy (non-hydrogen) atoms. The fourth-order valence-corrected chi connectivity index (χ4v) is 2.39. The fraction of sp³-hybridized carbons (Fsp3) is 0.375. The molecule has 0 unspecified atom stereocenters. The quantitative estimate of drug-likeness (QED) is 0.642. The van der Waals surface area contributed by atoms with Crippen LogP contribution in [-0.4, -0.2) is 35.9 Å². The molecule has 2 N–H and O–H groups in total. The van der Waals surface area contributed by atoms with Gasteiger partial charge in [0.05, 0.1) is 0 Å². The number of hydrogen-bond acceptors (Lipinski definition) is 4. The van der Waals surface area contributed by atoms with Crippen molar-refractivity contribution in [2.75, 3.05) is 20.4 Å². The van der Waals surface area contributed by atoms with Crippen LogP contribution in [0.4, 0.5) is 0 Å². The summed E-state index contributed by atoms with van der Waals surface area (Å²) in [4.78, 5) is 8.44. The summed E-state index contributed by atoms with van der Waals surface area (Å²) in [5, 5.41) is 6.58. The molecule has 0 saturated heterocycles. The smallest absolute Gasteiger partial charge is 0.231 e. The molecule has 0 radical (unpaired) electrons.